The number of carbonyl (C=O) groups excluding carboxylic acids is 2. The highest BCUT2D eigenvalue weighted by Gasteiger charge is 2.25. The number of amides is 2. The fraction of sp³-hybridized carbons (Fsp3) is 0.500. The van der Waals surface area contributed by atoms with Crippen LogP contribution >= 0.6 is 0 Å². The van der Waals surface area contributed by atoms with Gasteiger partial charge in [0, 0.05) is 45.4 Å². The summed E-state index contributed by atoms with van der Waals surface area (Å²) in [6, 6.07) is 11.6. The maximum absolute atomic E-state index is 12.8. The van der Waals surface area contributed by atoms with Crippen molar-refractivity contribution in [1.82, 2.24) is 20.0 Å². The number of methoxy groups -OCH3 is 2. The van der Waals surface area contributed by atoms with E-state index in [1.807, 2.05) is 41.3 Å². The van der Waals surface area contributed by atoms with Crippen molar-refractivity contribution in [3.05, 3.63) is 36.4 Å². The van der Waals surface area contributed by atoms with E-state index in [-0.39, 0.29) is 25.0 Å². The lowest BCUT2D eigenvalue weighted by Crippen LogP contribution is -2.52. The van der Waals surface area contributed by atoms with Crippen molar-refractivity contribution >= 4 is 17.6 Å². The molecule has 9 nitrogen and oxygen atoms in total. The molecule has 3 rings (SSSR count). The van der Waals surface area contributed by atoms with Crippen LogP contribution in [0.1, 0.15) is 19.8 Å². The Morgan fingerprint density at radius 2 is 1.85 bits per heavy atom. The van der Waals surface area contributed by atoms with Gasteiger partial charge in [-0.25, -0.2) is 0 Å². The summed E-state index contributed by atoms with van der Waals surface area (Å²) in [5, 5.41) is 8.77. The molecule has 2 aromatic rings. The van der Waals surface area contributed by atoms with E-state index < -0.39 is 0 Å². The quantitative estimate of drug-likeness (QED) is 0.542. The second-order valence-electron chi connectivity index (χ2n) is 7.98. The van der Waals surface area contributed by atoms with Gasteiger partial charge in [0.1, 0.15) is 12.4 Å². The van der Waals surface area contributed by atoms with Gasteiger partial charge in [-0.2, -0.15) is 0 Å². The molecule has 1 saturated heterocycles. The standard InChI is InChI=1S/C24H33N5O4/c1-4-5-11-29(24(31)18-32-2)17-23(30)28-14-12-27(13-15-28)22-10-9-21(25-26-22)19-7-6-8-20(16-19)33-3/h6-10,16H,4-5,11-15,17-18H2,1-3H3. The summed E-state index contributed by atoms with van der Waals surface area (Å²) in [6.07, 6.45) is 1.82. The lowest BCUT2D eigenvalue weighted by molar-refractivity contribution is -0.142. The third-order valence-corrected chi connectivity index (χ3v) is 5.70. The Morgan fingerprint density at radius 1 is 1.06 bits per heavy atom. The second-order valence-corrected chi connectivity index (χ2v) is 7.98. The van der Waals surface area contributed by atoms with Crippen LogP contribution in [-0.4, -0.2) is 91.9 Å². The Bertz CT molecular complexity index is 913. The number of ether oxygens (including phenoxy) is 2. The van der Waals surface area contributed by atoms with E-state index in [4.69, 9.17) is 9.47 Å². The van der Waals surface area contributed by atoms with Crippen LogP contribution in [0.3, 0.4) is 0 Å². The third-order valence-electron chi connectivity index (χ3n) is 5.70. The fourth-order valence-corrected chi connectivity index (χ4v) is 3.73. The van der Waals surface area contributed by atoms with Crippen molar-refractivity contribution in [3.8, 4) is 17.0 Å². The Balaban J connectivity index is 1.55. The van der Waals surface area contributed by atoms with E-state index in [2.05, 4.69) is 22.0 Å². The molecule has 33 heavy (non-hydrogen) atoms. The van der Waals surface area contributed by atoms with Gasteiger partial charge in [-0.3, -0.25) is 9.59 Å². The highest BCUT2D eigenvalue weighted by atomic mass is 16.5. The first-order valence-corrected chi connectivity index (χ1v) is 11.3. The molecule has 0 radical (unpaired) electrons. The normalized spacial score (nSPS) is 13.7. The van der Waals surface area contributed by atoms with Gasteiger partial charge < -0.3 is 24.2 Å². The van der Waals surface area contributed by atoms with Crippen molar-refractivity contribution in [3.63, 3.8) is 0 Å². The molecular formula is C24H33N5O4. The molecule has 0 spiro atoms. The van der Waals surface area contributed by atoms with Crippen molar-refractivity contribution < 1.29 is 19.1 Å². The second kappa shape index (κ2) is 12.2. The number of unbranched alkanes of at least 4 members (excludes halogenated alkanes) is 1. The van der Waals surface area contributed by atoms with E-state index >= 15 is 0 Å². The molecule has 178 valence electrons. The molecule has 1 aromatic carbocycles. The average Bonchev–Trinajstić information content (AvgIpc) is 2.86. The number of anilines is 1. The predicted molar refractivity (Wildman–Crippen MR) is 126 cm³/mol. The predicted octanol–water partition coefficient (Wildman–Crippen LogP) is 2.08. The molecule has 0 aliphatic carbocycles. The minimum absolute atomic E-state index is 0.00476. The van der Waals surface area contributed by atoms with E-state index in [9.17, 15) is 9.59 Å². The van der Waals surface area contributed by atoms with Gasteiger partial charge in [0.15, 0.2) is 5.82 Å². The molecule has 2 heterocycles. The smallest absolute Gasteiger partial charge is 0.249 e. The van der Waals surface area contributed by atoms with E-state index in [1.165, 1.54) is 7.11 Å². The van der Waals surface area contributed by atoms with Crippen LogP contribution in [0.4, 0.5) is 5.82 Å². The zero-order valence-electron chi connectivity index (χ0n) is 19.7. The monoisotopic (exact) mass is 455 g/mol. The maximum atomic E-state index is 12.8. The number of hydrogen-bond acceptors (Lipinski definition) is 7. The summed E-state index contributed by atoms with van der Waals surface area (Å²) in [7, 11) is 3.13. The largest absolute Gasteiger partial charge is 0.497 e. The van der Waals surface area contributed by atoms with E-state index in [0.29, 0.717) is 32.7 Å². The average molecular weight is 456 g/mol. The van der Waals surface area contributed by atoms with E-state index in [0.717, 1.165) is 35.7 Å². The van der Waals surface area contributed by atoms with Crippen LogP contribution in [0.25, 0.3) is 11.3 Å². The number of rotatable bonds is 10. The molecule has 0 unspecified atom stereocenters. The lowest BCUT2D eigenvalue weighted by atomic mass is 10.1. The summed E-state index contributed by atoms with van der Waals surface area (Å²) in [6.45, 7) is 5.22. The molecule has 0 N–H and O–H groups in total. The first kappa shape index (κ1) is 24.4. The Hall–Kier alpha value is -3.20. The van der Waals surface area contributed by atoms with Gasteiger partial charge in [-0.05, 0) is 30.7 Å². The highest BCUT2D eigenvalue weighted by molar-refractivity contribution is 5.85. The van der Waals surface area contributed by atoms with Crippen molar-refractivity contribution in [1.29, 1.82) is 0 Å². The fourth-order valence-electron chi connectivity index (χ4n) is 3.73. The van der Waals surface area contributed by atoms with Crippen LogP contribution in [0, 0.1) is 0 Å². The molecule has 1 aliphatic rings. The van der Waals surface area contributed by atoms with Crippen molar-refractivity contribution in [2.45, 2.75) is 19.8 Å². The summed E-state index contributed by atoms with van der Waals surface area (Å²) in [5.41, 5.74) is 1.72. The van der Waals surface area contributed by atoms with Crippen LogP contribution < -0.4 is 9.64 Å². The van der Waals surface area contributed by atoms with Gasteiger partial charge in [0.2, 0.25) is 11.8 Å². The minimum Gasteiger partial charge on any atom is -0.497 e. The topological polar surface area (TPSA) is 88.1 Å². The first-order valence-electron chi connectivity index (χ1n) is 11.3. The summed E-state index contributed by atoms with van der Waals surface area (Å²) < 4.78 is 10.2. The van der Waals surface area contributed by atoms with Crippen molar-refractivity contribution in [2.75, 3.05) is 65.0 Å². The number of nitrogens with zero attached hydrogens (tertiary/aromatic N) is 5. The van der Waals surface area contributed by atoms with Crippen LogP contribution in [0.2, 0.25) is 0 Å². The molecule has 0 saturated carbocycles. The maximum Gasteiger partial charge on any atom is 0.249 e. The van der Waals surface area contributed by atoms with Crippen LogP contribution in [0.5, 0.6) is 5.75 Å². The molecular weight excluding hydrogens is 422 g/mol. The molecule has 9 heteroatoms. The molecule has 0 atom stereocenters. The molecule has 0 bridgehead atoms. The van der Waals surface area contributed by atoms with Gasteiger partial charge >= 0.3 is 0 Å². The number of hydrogen-bond donors (Lipinski definition) is 0. The molecule has 1 aromatic heterocycles. The number of benzene rings is 1. The van der Waals surface area contributed by atoms with Gasteiger partial charge in [-0.1, -0.05) is 25.5 Å². The van der Waals surface area contributed by atoms with E-state index in [1.54, 1.807) is 12.0 Å². The number of carbonyl (C=O) groups is 2. The summed E-state index contributed by atoms with van der Waals surface area (Å²) in [5.74, 6) is 1.38. The number of piperazine rings is 1. The van der Waals surface area contributed by atoms with Crippen LogP contribution in [-0.2, 0) is 14.3 Å². The van der Waals surface area contributed by atoms with Crippen molar-refractivity contribution in [2.24, 2.45) is 0 Å². The van der Waals surface area contributed by atoms with Gasteiger partial charge in [0.25, 0.3) is 0 Å². The SMILES string of the molecule is CCCCN(CC(=O)N1CCN(c2ccc(-c3cccc(OC)c3)nn2)CC1)C(=O)COC. The Morgan fingerprint density at radius 3 is 2.48 bits per heavy atom. The number of aromatic nitrogens is 2. The third kappa shape index (κ3) is 6.64. The van der Waals surface area contributed by atoms with Gasteiger partial charge in [0.05, 0.1) is 19.3 Å². The Labute approximate surface area is 195 Å². The summed E-state index contributed by atoms with van der Waals surface area (Å²) >= 11 is 0. The highest BCUT2D eigenvalue weighted by Crippen LogP contribution is 2.23. The van der Waals surface area contributed by atoms with Gasteiger partial charge in [-0.15, -0.1) is 10.2 Å². The Kier molecular flexibility index (Phi) is 9.00. The molecule has 1 fully saturated rings. The first-order chi connectivity index (χ1) is 16.0. The molecule has 2 amide bonds. The zero-order valence-corrected chi connectivity index (χ0v) is 19.7. The lowest BCUT2D eigenvalue weighted by Gasteiger charge is -2.36. The molecule has 1 aliphatic heterocycles. The zero-order chi connectivity index (χ0) is 23.6. The summed E-state index contributed by atoms with van der Waals surface area (Å²) in [4.78, 5) is 30.6. The minimum atomic E-state index is -0.149. The van der Waals surface area contributed by atoms with Crippen LogP contribution in [0.15, 0.2) is 36.4 Å².